The molecule has 0 bridgehead atoms. The molecular formula is C11H22O5. The highest BCUT2D eigenvalue weighted by molar-refractivity contribution is 4.85. The first kappa shape index (κ1) is 13.9. The van der Waals surface area contributed by atoms with E-state index in [2.05, 4.69) is 0 Å². The fourth-order valence-electron chi connectivity index (χ4n) is 1.71. The number of hydrogen-bond donors (Lipinski definition) is 2. The highest BCUT2D eigenvalue weighted by Gasteiger charge is 2.41. The largest absolute Gasteiger partial charge is 0.388 e. The van der Waals surface area contributed by atoms with Crippen LogP contribution in [-0.4, -0.2) is 53.6 Å². The molecule has 5 heteroatoms. The first-order valence-corrected chi connectivity index (χ1v) is 5.70. The van der Waals surface area contributed by atoms with E-state index in [9.17, 15) is 10.2 Å². The Morgan fingerprint density at radius 1 is 1.00 bits per heavy atom. The fourth-order valence-corrected chi connectivity index (χ4v) is 1.71. The third-order valence-corrected chi connectivity index (χ3v) is 2.28. The van der Waals surface area contributed by atoms with Gasteiger partial charge in [-0.15, -0.1) is 0 Å². The Morgan fingerprint density at radius 2 is 1.50 bits per heavy atom. The maximum Gasteiger partial charge on any atom is 0.183 e. The van der Waals surface area contributed by atoms with Crippen molar-refractivity contribution in [3.8, 4) is 0 Å². The molecule has 1 fully saturated rings. The van der Waals surface area contributed by atoms with Crippen LogP contribution in [0.1, 0.15) is 27.7 Å². The van der Waals surface area contributed by atoms with Crippen molar-refractivity contribution >= 4 is 0 Å². The smallest absolute Gasteiger partial charge is 0.183 e. The van der Waals surface area contributed by atoms with Crippen LogP contribution in [0.5, 0.6) is 0 Å². The SMILES string of the molecule is CC(C)O[C@@H]1[C@H](OC(C)C)[C@@H](O)OC[C@H]1O. The number of rotatable bonds is 4. The van der Waals surface area contributed by atoms with Gasteiger partial charge in [-0.3, -0.25) is 0 Å². The summed E-state index contributed by atoms with van der Waals surface area (Å²) in [6.07, 6.45) is -3.11. The zero-order chi connectivity index (χ0) is 12.3. The van der Waals surface area contributed by atoms with Gasteiger partial charge in [0.15, 0.2) is 6.29 Å². The lowest BCUT2D eigenvalue weighted by atomic mass is 10.0. The van der Waals surface area contributed by atoms with Gasteiger partial charge in [0.25, 0.3) is 0 Å². The highest BCUT2D eigenvalue weighted by Crippen LogP contribution is 2.22. The quantitative estimate of drug-likeness (QED) is 0.731. The topological polar surface area (TPSA) is 68.2 Å². The zero-order valence-electron chi connectivity index (χ0n) is 10.3. The fraction of sp³-hybridized carbons (Fsp3) is 1.00. The van der Waals surface area contributed by atoms with Gasteiger partial charge in [0.05, 0.1) is 18.8 Å². The molecule has 0 amide bonds. The molecule has 1 aliphatic heterocycles. The standard InChI is InChI=1S/C11H22O5/c1-6(2)15-9-8(12)5-14-11(13)10(9)16-7(3)4/h6-13H,5H2,1-4H3/t8-,9+,10+,11+/m1/s1. The van der Waals surface area contributed by atoms with Crippen molar-refractivity contribution < 1.29 is 24.4 Å². The molecule has 0 radical (unpaired) electrons. The van der Waals surface area contributed by atoms with Crippen molar-refractivity contribution in [3.63, 3.8) is 0 Å². The van der Waals surface area contributed by atoms with Crippen LogP contribution in [0, 0.1) is 0 Å². The molecule has 5 nitrogen and oxygen atoms in total. The summed E-state index contributed by atoms with van der Waals surface area (Å²) in [6.45, 7) is 7.54. The summed E-state index contributed by atoms with van der Waals surface area (Å²) in [5.41, 5.74) is 0. The van der Waals surface area contributed by atoms with Crippen molar-refractivity contribution in [2.24, 2.45) is 0 Å². The van der Waals surface area contributed by atoms with Crippen LogP contribution in [0.3, 0.4) is 0 Å². The Balaban J connectivity index is 2.69. The van der Waals surface area contributed by atoms with Crippen molar-refractivity contribution in [3.05, 3.63) is 0 Å². The van der Waals surface area contributed by atoms with E-state index in [1.807, 2.05) is 27.7 Å². The normalized spacial score (nSPS) is 36.0. The summed E-state index contributed by atoms with van der Waals surface area (Å²) in [5, 5.41) is 19.5. The second-order valence-electron chi connectivity index (χ2n) is 4.59. The van der Waals surface area contributed by atoms with Crippen LogP contribution in [0.4, 0.5) is 0 Å². The predicted octanol–water partition coefficient (Wildman–Crippen LogP) is 0.283. The van der Waals surface area contributed by atoms with E-state index in [1.165, 1.54) is 0 Å². The zero-order valence-corrected chi connectivity index (χ0v) is 10.3. The number of ether oxygens (including phenoxy) is 3. The second kappa shape index (κ2) is 5.93. The van der Waals surface area contributed by atoms with Crippen LogP contribution >= 0.6 is 0 Å². The van der Waals surface area contributed by atoms with Gasteiger partial charge in [-0.2, -0.15) is 0 Å². The minimum absolute atomic E-state index is 0.0387. The van der Waals surface area contributed by atoms with Gasteiger partial charge >= 0.3 is 0 Å². The minimum atomic E-state index is -1.05. The molecule has 0 spiro atoms. The third kappa shape index (κ3) is 3.68. The molecule has 1 saturated heterocycles. The van der Waals surface area contributed by atoms with Crippen LogP contribution in [-0.2, 0) is 14.2 Å². The molecule has 0 aliphatic carbocycles. The molecule has 0 aromatic carbocycles. The number of aliphatic hydroxyl groups excluding tert-OH is 2. The average molecular weight is 234 g/mol. The molecule has 1 aliphatic rings. The van der Waals surface area contributed by atoms with E-state index < -0.39 is 24.6 Å². The molecule has 1 heterocycles. The Bertz CT molecular complexity index is 185. The summed E-state index contributed by atoms with van der Waals surface area (Å²) in [4.78, 5) is 0. The molecular weight excluding hydrogens is 212 g/mol. The third-order valence-electron chi connectivity index (χ3n) is 2.28. The molecule has 0 unspecified atom stereocenters. The Kier molecular flexibility index (Phi) is 5.14. The van der Waals surface area contributed by atoms with Gasteiger partial charge in [0.2, 0.25) is 0 Å². The van der Waals surface area contributed by atoms with Gasteiger partial charge in [-0.05, 0) is 27.7 Å². The summed E-state index contributed by atoms with van der Waals surface area (Å²) >= 11 is 0. The van der Waals surface area contributed by atoms with E-state index >= 15 is 0 Å². The molecule has 2 N–H and O–H groups in total. The van der Waals surface area contributed by atoms with Crippen molar-refractivity contribution in [1.29, 1.82) is 0 Å². The maximum atomic E-state index is 9.78. The van der Waals surface area contributed by atoms with Gasteiger partial charge in [0, 0.05) is 0 Å². The molecule has 0 aromatic rings. The van der Waals surface area contributed by atoms with E-state index in [4.69, 9.17) is 14.2 Å². The molecule has 1 rings (SSSR count). The van der Waals surface area contributed by atoms with Crippen LogP contribution in [0.15, 0.2) is 0 Å². The van der Waals surface area contributed by atoms with Gasteiger partial charge < -0.3 is 24.4 Å². The maximum absolute atomic E-state index is 9.78. The lowest BCUT2D eigenvalue weighted by Gasteiger charge is -2.39. The monoisotopic (exact) mass is 234 g/mol. The van der Waals surface area contributed by atoms with Gasteiger partial charge in [-0.1, -0.05) is 0 Å². The van der Waals surface area contributed by atoms with Crippen molar-refractivity contribution in [2.45, 2.75) is 64.5 Å². The molecule has 0 saturated carbocycles. The molecule has 0 aromatic heterocycles. The molecule has 4 atom stereocenters. The first-order chi connectivity index (χ1) is 7.41. The summed E-state index contributed by atoms with van der Waals surface area (Å²) in [6, 6.07) is 0. The highest BCUT2D eigenvalue weighted by atomic mass is 16.7. The Hall–Kier alpha value is -0.200. The minimum Gasteiger partial charge on any atom is -0.388 e. The van der Waals surface area contributed by atoms with E-state index in [0.717, 1.165) is 0 Å². The first-order valence-electron chi connectivity index (χ1n) is 5.70. The van der Waals surface area contributed by atoms with E-state index in [1.54, 1.807) is 0 Å². The summed E-state index contributed by atoms with van der Waals surface area (Å²) in [7, 11) is 0. The Labute approximate surface area is 96.3 Å². The lowest BCUT2D eigenvalue weighted by molar-refractivity contribution is -0.285. The van der Waals surface area contributed by atoms with Crippen molar-refractivity contribution in [2.75, 3.05) is 6.61 Å². The van der Waals surface area contributed by atoms with E-state index in [-0.39, 0.29) is 18.8 Å². The second-order valence-corrected chi connectivity index (χ2v) is 4.59. The lowest BCUT2D eigenvalue weighted by Crippen LogP contribution is -2.56. The van der Waals surface area contributed by atoms with Crippen LogP contribution in [0.2, 0.25) is 0 Å². The van der Waals surface area contributed by atoms with Crippen LogP contribution in [0.25, 0.3) is 0 Å². The summed E-state index contributed by atoms with van der Waals surface area (Å²) in [5.74, 6) is 0. The summed E-state index contributed by atoms with van der Waals surface area (Å²) < 4.78 is 16.1. The van der Waals surface area contributed by atoms with Gasteiger partial charge in [-0.25, -0.2) is 0 Å². The molecule has 96 valence electrons. The Morgan fingerprint density at radius 3 is 2.00 bits per heavy atom. The number of hydrogen-bond acceptors (Lipinski definition) is 5. The van der Waals surface area contributed by atoms with Gasteiger partial charge in [0.1, 0.15) is 18.3 Å². The van der Waals surface area contributed by atoms with Crippen LogP contribution < -0.4 is 0 Å². The van der Waals surface area contributed by atoms with E-state index in [0.29, 0.717) is 0 Å². The average Bonchev–Trinajstić information content (AvgIpc) is 2.16. The molecule has 16 heavy (non-hydrogen) atoms. The predicted molar refractivity (Wildman–Crippen MR) is 58.0 cm³/mol. The number of aliphatic hydroxyl groups is 2. The van der Waals surface area contributed by atoms with Crippen molar-refractivity contribution in [1.82, 2.24) is 0 Å².